The first-order valence-corrected chi connectivity index (χ1v) is 14.3. The molecule has 1 atom stereocenters. The highest BCUT2D eigenvalue weighted by Gasteiger charge is 2.58. The van der Waals surface area contributed by atoms with Gasteiger partial charge in [0.05, 0.1) is 23.1 Å². The fourth-order valence-electron chi connectivity index (χ4n) is 6.23. The number of fused-ring (bicyclic) bond motifs is 2. The molecule has 1 aromatic heterocycles. The molecular weight excluding hydrogens is 556 g/mol. The maximum atomic E-state index is 14.8. The summed E-state index contributed by atoms with van der Waals surface area (Å²) < 4.78 is 5.30. The summed E-state index contributed by atoms with van der Waals surface area (Å²) in [6, 6.07) is 20.4. The third kappa shape index (κ3) is 4.63. The molecule has 10 heteroatoms. The number of nitro groups is 1. The number of aromatic nitrogens is 1. The summed E-state index contributed by atoms with van der Waals surface area (Å²) >= 11 is 6.91. The van der Waals surface area contributed by atoms with Gasteiger partial charge in [-0.2, -0.15) is 0 Å². The van der Waals surface area contributed by atoms with Crippen LogP contribution >= 0.6 is 11.6 Å². The number of methoxy groups -OCH3 is 1. The van der Waals surface area contributed by atoms with Crippen molar-refractivity contribution in [2.24, 2.45) is 0 Å². The Kier molecular flexibility index (Phi) is 7.28. The summed E-state index contributed by atoms with van der Waals surface area (Å²) in [7, 11) is 1.57. The van der Waals surface area contributed by atoms with Gasteiger partial charge in [0.25, 0.3) is 17.5 Å². The minimum atomic E-state index is -1.73. The second-order valence-electron chi connectivity index (χ2n) is 10.8. The number of rotatable bonds is 7. The van der Waals surface area contributed by atoms with Crippen molar-refractivity contribution in [3.05, 3.63) is 110 Å². The molecule has 3 aromatic carbocycles. The zero-order valence-electron chi connectivity index (χ0n) is 23.0. The van der Waals surface area contributed by atoms with Crippen molar-refractivity contribution in [1.29, 1.82) is 0 Å². The van der Waals surface area contributed by atoms with Crippen LogP contribution in [0, 0.1) is 10.1 Å². The van der Waals surface area contributed by atoms with Crippen LogP contribution in [0.3, 0.4) is 0 Å². The molecule has 42 heavy (non-hydrogen) atoms. The Morgan fingerprint density at radius 1 is 1.07 bits per heavy atom. The van der Waals surface area contributed by atoms with E-state index in [4.69, 9.17) is 16.3 Å². The monoisotopic (exact) mass is 584 g/mol. The van der Waals surface area contributed by atoms with Gasteiger partial charge < -0.3 is 15.0 Å². The number of benzene rings is 3. The number of carbonyl (C=O) groups excluding carboxylic acids is 2. The third-order valence-electron chi connectivity index (χ3n) is 8.32. The molecular formula is C32H29ClN4O5. The molecule has 2 amide bonds. The molecule has 2 aliphatic rings. The summed E-state index contributed by atoms with van der Waals surface area (Å²) in [5.74, 6) is -0.274. The van der Waals surface area contributed by atoms with Crippen molar-refractivity contribution in [1.82, 2.24) is 15.2 Å². The molecule has 1 unspecified atom stereocenters. The summed E-state index contributed by atoms with van der Waals surface area (Å²) in [5.41, 5.74) is 0.172. The molecule has 4 aromatic rings. The Balaban J connectivity index is 1.61. The van der Waals surface area contributed by atoms with E-state index in [1.165, 1.54) is 23.1 Å². The molecule has 214 valence electrons. The summed E-state index contributed by atoms with van der Waals surface area (Å²) in [6.07, 6.45) is 4.74. The van der Waals surface area contributed by atoms with Gasteiger partial charge in [-0.25, -0.2) is 4.98 Å². The Labute approximate surface area is 247 Å². The van der Waals surface area contributed by atoms with Crippen molar-refractivity contribution >= 4 is 40.0 Å². The molecule has 0 saturated heterocycles. The van der Waals surface area contributed by atoms with Crippen LogP contribution in [0.5, 0.6) is 5.75 Å². The smallest absolute Gasteiger partial charge is 0.270 e. The highest BCUT2D eigenvalue weighted by atomic mass is 35.5. The molecule has 0 spiro atoms. The number of nitro benzene ring substituents is 1. The molecule has 2 heterocycles. The van der Waals surface area contributed by atoms with Gasteiger partial charge in [0.2, 0.25) is 0 Å². The van der Waals surface area contributed by atoms with Crippen LogP contribution in [0.1, 0.15) is 59.2 Å². The number of pyridine rings is 1. The van der Waals surface area contributed by atoms with Crippen molar-refractivity contribution in [2.75, 3.05) is 7.11 Å². The summed E-state index contributed by atoms with van der Waals surface area (Å²) in [4.78, 5) is 46.4. The largest absolute Gasteiger partial charge is 0.497 e. The topological polar surface area (TPSA) is 115 Å². The number of amides is 2. The lowest BCUT2D eigenvalue weighted by molar-refractivity contribution is -0.384. The first kappa shape index (κ1) is 27.7. The molecule has 0 radical (unpaired) electrons. The number of non-ortho nitro benzene ring substituents is 1. The van der Waals surface area contributed by atoms with Gasteiger partial charge in [-0.05, 0) is 48.7 Å². The average molecular weight is 585 g/mol. The molecule has 1 aliphatic carbocycles. The van der Waals surface area contributed by atoms with Gasteiger partial charge in [-0.3, -0.25) is 19.7 Å². The van der Waals surface area contributed by atoms with Crippen molar-refractivity contribution in [2.45, 2.75) is 50.2 Å². The highest BCUT2D eigenvalue weighted by molar-refractivity contribution is 6.31. The normalized spacial score (nSPS) is 18.6. The van der Waals surface area contributed by atoms with E-state index in [0.29, 0.717) is 22.4 Å². The number of carbonyl (C=O) groups is 2. The number of nitrogens with one attached hydrogen (secondary N) is 1. The van der Waals surface area contributed by atoms with Crippen LogP contribution in [0.25, 0.3) is 10.9 Å². The van der Waals surface area contributed by atoms with Crippen LogP contribution in [0.2, 0.25) is 5.15 Å². The summed E-state index contributed by atoms with van der Waals surface area (Å²) in [6.45, 7) is 0.0343. The van der Waals surface area contributed by atoms with Gasteiger partial charge in [0.15, 0.2) is 5.54 Å². The molecule has 1 aliphatic heterocycles. The van der Waals surface area contributed by atoms with Gasteiger partial charge in [0.1, 0.15) is 10.9 Å². The quantitative estimate of drug-likeness (QED) is 0.158. The lowest BCUT2D eigenvalue weighted by Gasteiger charge is -2.40. The molecule has 6 rings (SSSR count). The predicted molar refractivity (Wildman–Crippen MR) is 159 cm³/mol. The SMILES string of the molecule is COc1ccc(CN2C(=O)c3cc([N+](=O)[O-])ccc3C2(C(=O)NC2CCCCC2)c2cc3ccccc3nc2Cl)cc1. The molecule has 1 fully saturated rings. The van der Waals surface area contributed by atoms with Crippen LogP contribution in [-0.2, 0) is 16.9 Å². The number of hydrogen-bond acceptors (Lipinski definition) is 6. The Bertz CT molecular complexity index is 1700. The van der Waals surface area contributed by atoms with Crippen molar-refractivity contribution in [3.8, 4) is 5.75 Å². The molecule has 0 bridgehead atoms. The lowest BCUT2D eigenvalue weighted by atomic mass is 9.80. The van der Waals surface area contributed by atoms with E-state index in [1.807, 2.05) is 36.4 Å². The first-order valence-electron chi connectivity index (χ1n) is 13.9. The van der Waals surface area contributed by atoms with E-state index in [2.05, 4.69) is 10.3 Å². The Morgan fingerprint density at radius 3 is 2.52 bits per heavy atom. The number of hydrogen-bond donors (Lipinski definition) is 1. The van der Waals surface area contributed by atoms with E-state index >= 15 is 0 Å². The second kappa shape index (κ2) is 11.1. The number of para-hydroxylation sites is 1. The van der Waals surface area contributed by atoms with E-state index in [1.54, 1.807) is 25.3 Å². The third-order valence-corrected chi connectivity index (χ3v) is 8.61. The van der Waals surface area contributed by atoms with Gasteiger partial charge >= 0.3 is 0 Å². The standard InChI is InChI=1S/C32H29ClN4O5/c1-42-24-14-11-20(12-15-24)19-36-30(38)25-18-23(37(40)41)13-16-26(25)32(36,31(39)34-22-8-3-2-4-9-22)27-17-21-7-5-6-10-28(21)35-29(27)33/h5-7,10-18,22H,2-4,8-9,19H2,1H3,(H,34,39). The second-order valence-corrected chi connectivity index (χ2v) is 11.1. The highest BCUT2D eigenvalue weighted by Crippen LogP contribution is 2.49. The number of nitrogens with zero attached hydrogens (tertiary/aromatic N) is 3. The van der Waals surface area contributed by atoms with Crippen LogP contribution in [-0.4, -0.2) is 39.8 Å². The van der Waals surface area contributed by atoms with E-state index in [0.717, 1.165) is 43.1 Å². The lowest BCUT2D eigenvalue weighted by Crippen LogP contribution is -2.57. The van der Waals surface area contributed by atoms with Crippen molar-refractivity contribution in [3.63, 3.8) is 0 Å². The predicted octanol–water partition coefficient (Wildman–Crippen LogP) is 6.15. The van der Waals surface area contributed by atoms with Gasteiger partial charge in [-0.15, -0.1) is 0 Å². The minimum Gasteiger partial charge on any atom is -0.497 e. The van der Waals surface area contributed by atoms with Crippen LogP contribution in [0.15, 0.2) is 72.8 Å². The molecule has 1 N–H and O–H groups in total. The summed E-state index contributed by atoms with van der Waals surface area (Å²) in [5, 5.41) is 15.8. The maximum Gasteiger partial charge on any atom is 0.270 e. The fourth-order valence-corrected chi connectivity index (χ4v) is 6.51. The maximum absolute atomic E-state index is 14.8. The van der Waals surface area contributed by atoms with Crippen LogP contribution < -0.4 is 10.1 Å². The Hall–Kier alpha value is -4.50. The zero-order chi connectivity index (χ0) is 29.4. The average Bonchev–Trinajstić information content (AvgIpc) is 3.25. The fraction of sp³-hybridized carbons (Fsp3) is 0.281. The van der Waals surface area contributed by atoms with E-state index in [-0.39, 0.29) is 29.0 Å². The first-order chi connectivity index (χ1) is 20.3. The van der Waals surface area contributed by atoms with Gasteiger partial charge in [-0.1, -0.05) is 61.2 Å². The van der Waals surface area contributed by atoms with E-state index < -0.39 is 22.3 Å². The number of halogens is 1. The minimum absolute atomic E-state index is 0.0343. The number of ether oxygens (including phenoxy) is 1. The van der Waals surface area contributed by atoms with Crippen molar-refractivity contribution < 1.29 is 19.2 Å². The zero-order valence-corrected chi connectivity index (χ0v) is 23.8. The Morgan fingerprint density at radius 2 is 1.81 bits per heavy atom. The van der Waals surface area contributed by atoms with Crippen LogP contribution in [0.4, 0.5) is 5.69 Å². The molecule has 1 saturated carbocycles. The van der Waals surface area contributed by atoms with Gasteiger partial charge in [0, 0.05) is 41.2 Å². The molecule has 9 nitrogen and oxygen atoms in total. The van der Waals surface area contributed by atoms with E-state index in [9.17, 15) is 19.7 Å².